The van der Waals surface area contributed by atoms with Gasteiger partial charge in [-0.3, -0.25) is 0 Å². The number of unbranched alkanes of at least 4 members (excludes halogenated alkanes) is 1. The lowest BCUT2D eigenvalue weighted by Crippen LogP contribution is -2.12. The summed E-state index contributed by atoms with van der Waals surface area (Å²) in [5.74, 6) is 1.10. The molecule has 2 heteroatoms. The monoisotopic (exact) mass is 219 g/mol. The Labute approximate surface area is 98.0 Å². The standard InChI is InChI=1S/C14H21NO/c1-3-4-10-16-14-7-5-6-11-12(14)8-9-13(11)15-2/h5-7,13,15H,3-4,8-10H2,1-2H3. The van der Waals surface area contributed by atoms with Crippen LogP contribution in [0.3, 0.4) is 0 Å². The maximum absolute atomic E-state index is 5.85. The summed E-state index contributed by atoms with van der Waals surface area (Å²) in [4.78, 5) is 0. The highest BCUT2D eigenvalue weighted by atomic mass is 16.5. The largest absolute Gasteiger partial charge is 0.493 e. The van der Waals surface area contributed by atoms with Crippen molar-refractivity contribution in [2.24, 2.45) is 0 Å². The Bertz CT molecular complexity index is 349. The molecule has 1 aliphatic carbocycles. The topological polar surface area (TPSA) is 21.3 Å². The Morgan fingerprint density at radius 1 is 1.44 bits per heavy atom. The molecule has 0 fully saturated rings. The smallest absolute Gasteiger partial charge is 0.122 e. The molecule has 0 amide bonds. The minimum absolute atomic E-state index is 0.518. The van der Waals surface area contributed by atoms with E-state index in [1.807, 2.05) is 7.05 Å². The predicted octanol–water partition coefficient (Wildman–Crippen LogP) is 3.07. The second kappa shape index (κ2) is 5.35. The molecule has 1 atom stereocenters. The average molecular weight is 219 g/mol. The maximum atomic E-state index is 5.85. The molecule has 0 spiro atoms. The third-order valence-electron chi connectivity index (χ3n) is 3.33. The predicted molar refractivity (Wildman–Crippen MR) is 67.0 cm³/mol. The Morgan fingerprint density at radius 2 is 2.31 bits per heavy atom. The summed E-state index contributed by atoms with van der Waals surface area (Å²) in [6, 6.07) is 6.95. The van der Waals surface area contributed by atoms with Gasteiger partial charge in [0, 0.05) is 6.04 Å². The number of hydrogen-bond acceptors (Lipinski definition) is 2. The van der Waals surface area contributed by atoms with Crippen molar-refractivity contribution in [3.8, 4) is 5.75 Å². The van der Waals surface area contributed by atoms with E-state index in [2.05, 4.69) is 30.4 Å². The van der Waals surface area contributed by atoms with Crippen LogP contribution in [-0.4, -0.2) is 13.7 Å². The molecular weight excluding hydrogens is 198 g/mol. The minimum Gasteiger partial charge on any atom is -0.493 e. The summed E-state index contributed by atoms with van der Waals surface area (Å²) < 4.78 is 5.85. The molecule has 1 N–H and O–H groups in total. The molecule has 0 aromatic heterocycles. The van der Waals surface area contributed by atoms with Crippen LogP contribution in [0.25, 0.3) is 0 Å². The van der Waals surface area contributed by atoms with Crippen LogP contribution in [0.15, 0.2) is 18.2 Å². The van der Waals surface area contributed by atoms with E-state index >= 15 is 0 Å². The van der Waals surface area contributed by atoms with Crippen molar-refractivity contribution in [3.05, 3.63) is 29.3 Å². The summed E-state index contributed by atoms with van der Waals surface area (Å²) in [6.07, 6.45) is 4.66. The third kappa shape index (κ3) is 2.22. The van der Waals surface area contributed by atoms with Gasteiger partial charge in [-0.15, -0.1) is 0 Å². The Balaban J connectivity index is 2.12. The van der Waals surface area contributed by atoms with Crippen molar-refractivity contribution < 1.29 is 4.74 Å². The van der Waals surface area contributed by atoms with Gasteiger partial charge in [-0.05, 0) is 43.5 Å². The molecule has 88 valence electrons. The van der Waals surface area contributed by atoms with Crippen LogP contribution < -0.4 is 10.1 Å². The van der Waals surface area contributed by atoms with Crippen molar-refractivity contribution in [2.75, 3.05) is 13.7 Å². The fourth-order valence-corrected chi connectivity index (χ4v) is 2.38. The van der Waals surface area contributed by atoms with E-state index in [0.29, 0.717) is 6.04 Å². The highest BCUT2D eigenvalue weighted by Crippen LogP contribution is 2.36. The van der Waals surface area contributed by atoms with Gasteiger partial charge in [-0.1, -0.05) is 25.5 Å². The molecule has 16 heavy (non-hydrogen) atoms. The summed E-state index contributed by atoms with van der Waals surface area (Å²) >= 11 is 0. The van der Waals surface area contributed by atoms with Crippen molar-refractivity contribution in [1.29, 1.82) is 0 Å². The molecule has 2 nitrogen and oxygen atoms in total. The van der Waals surface area contributed by atoms with Crippen LogP contribution in [0.1, 0.15) is 43.4 Å². The SMILES string of the molecule is CCCCOc1cccc2c1CCC2NC. The van der Waals surface area contributed by atoms with Gasteiger partial charge in [0.1, 0.15) is 5.75 Å². The summed E-state index contributed by atoms with van der Waals surface area (Å²) in [6.45, 7) is 3.03. The molecule has 0 saturated heterocycles. The first kappa shape index (κ1) is 11.5. The van der Waals surface area contributed by atoms with Crippen LogP contribution in [0.4, 0.5) is 0 Å². The molecule has 0 heterocycles. The number of benzene rings is 1. The van der Waals surface area contributed by atoms with Gasteiger partial charge in [0.05, 0.1) is 6.61 Å². The van der Waals surface area contributed by atoms with Crippen molar-refractivity contribution in [3.63, 3.8) is 0 Å². The third-order valence-corrected chi connectivity index (χ3v) is 3.33. The van der Waals surface area contributed by atoms with E-state index in [-0.39, 0.29) is 0 Å². The Kier molecular flexibility index (Phi) is 3.83. The van der Waals surface area contributed by atoms with Gasteiger partial charge >= 0.3 is 0 Å². The molecule has 1 aromatic rings. The first-order chi connectivity index (χ1) is 7.86. The molecule has 0 saturated carbocycles. The van der Waals surface area contributed by atoms with Crippen LogP contribution >= 0.6 is 0 Å². The molecule has 0 aliphatic heterocycles. The maximum Gasteiger partial charge on any atom is 0.122 e. The molecule has 1 aromatic carbocycles. The van der Waals surface area contributed by atoms with Crippen LogP contribution in [0.5, 0.6) is 5.75 Å². The van der Waals surface area contributed by atoms with E-state index in [1.165, 1.54) is 24.0 Å². The van der Waals surface area contributed by atoms with E-state index in [4.69, 9.17) is 4.74 Å². The number of fused-ring (bicyclic) bond motifs is 1. The summed E-state index contributed by atoms with van der Waals surface area (Å²) in [5, 5.41) is 3.36. The van der Waals surface area contributed by atoms with E-state index < -0.39 is 0 Å². The van der Waals surface area contributed by atoms with Crippen molar-refractivity contribution in [2.45, 2.75) is 38.6 Å². The van der Waals surface area contributed by atoms with Gasteiger partial charge in [0.15, 0.2) is 0 Å². The number of nitrogens with one attached hydrogen (secondary N) is 1. The van der Waals surface area contributed by atoms with Crippen molar-refractivity contribution in [1.82, 2.24) is 5.32 Å². The molecule has 1 aliphatic rings. The fraction of sp³-hybridized carbons (Fsp3) is 0.571. The zero-order chi connectivity index (χ0) is 11.4. The lowest BCUT2D eigenvalue weighted by atomic mass is 10.1. The second-order valence-electron chi connectivity index (χ2n) is 4.41. The van der Waals surface area contributed by atoms with Gasteiger partial charge in [0.25, 0.3) is 0 Å². The van der Waals surface area contributed by atoms with Crippen LogP contribution in [-0.2, 0) is 6.42 Å². The van der Waals surface area contributed by atoms with Gasteiger partial charge in [0.2, 0.25) is 0 Å². The summed E-state index contributed by atoms with van der Waals surface area (Å²) in [5.41, 5.74) is 2.84. The highest BCUT2D eigenvalue weighted by molar-refractivity contribution is 5.45. The number of hydrogen-bond donors (Lipinski definition) is 1. The lowest BCUT2D eigenvalue weighted by Gasteiger charge is -2.12. The van der Waals surface area contributed by atoms with Crippen LogP contribution in [0.2, 0.25) is 0 Å². The van der Waals surface area contributed by atoms with E-state index in [9.17, 15) is 0 Å². The zero-order valence-corrected chi connectivity index (χ0v) is 10.3. The quantitative estimate of drug-likeness (QED) is 0.768. The number of ether oxygens (including phenoxy) is 1. The average Bonchev–Trinajstić information content (AvgIpc) is 2.73. The van der Waals surface area contributed by atoms with Crippen molar-refractivity contribution >= 4 is 0 Å². The number of rotatable bonds is 5. The minimum atomic E-state index is 0.518. The van der Waals surface area contributed by atoms with E-state index in [1.54, 1.807) is 0 Å². The van der Waals surface area contributed by atoms with Crippen LogP contribution in [0, 0.1) is 0 Å². The Morgan fingerprint density at radius 3 is 3.06 bits per heavy atom. The highest BCUT2D eigenvalue weighted by Gasteiger charge is 2.23. The van der Waals surface area contributed by atoms with Gasteiger partial charge in [-0.2, -0.15) is 0 Å². The van der Waals surface area contributed by atoms with Gasteiger partial charge < -0.3 is 10.1 Å². The molecular formula is C14H21NO. The Hall–Kier alpha value is -1.02. The normalized spacial score (nSPS) is 18.5. The molecule has 2 rings (SSSR count). The molecule has 0 bridgehead atoms. The molecule has 0 radical (unpaired) electrons. The molecule has 1 unspecified atom stereocenters. The fourth-order valence-electron chi connectivity index (χ4n) is 2.38. The van der Waals surface area contributed by atoms with Gasteiger partial charge in [-0.25, -0.2) is 0 Å². The first-order valence-electron chi connectivity index (χ1n) is 6.28. The first-order valence-corrected chi connectivity index (χ1v) is 6.28. The second-order valence-corrected chi connectivity index (χ2v) is 4.41. The lowest BCUT2D eigenvalue weighted by molar-refractivity contribution is 0.306. The summed E-state index contributed by atoms with van der Waals surface area (Å²) in [7, 11) is 2.03. The zero-order valence-electron chi connectivity index (χ0n) is 10.3. The van der Waals surface area contributed by atoms with E-state index in [0.717, 1.165) is 25.2 Å².